The Kier molecular flexibility index (Phi) is 4.86. The molecule has 0 aliphatic heterocycles. The fraction of sp³-hybridized carbons (Fsp3) is 0.294. The van der Waals surface area contributed by atoms with Gasteiger partial charge in [-0.1, -0.05) is 18.5 Å². The molecule has 0 radical (unpaired) electrons. The zero-order valence-electron chi connectivity index (χ0n) is 12.4. The third kappa shape index (κ3) is 3.55. The second kappa shape index (κ2) is 6.46. The Bertz CT molecular complexity index is 655. The lowest BCUT2D eigenvalue weighted by Gasteiger charge is -2.16. The van der Waals surface area contributed by atoms with Gasteiger partial charge in [0, 0.05) is 16.6 Å². The zero-order chi connectivity index (χ0) is 15.6. The number of nitrogens with two attached hydrogens (primary N) is 1. The van der Waals surface area contributed by atoms with Gasteiger partial charge in [-0.15, -0.1) is 0 Å². The Balaban J connectivity index is 2.41. The molecule has 0 fully saturated rings. The average Bonchev–Trinajstić information content (AvgIpc) is 2.44. The van der Waals surface area contributed by atoms with Crippen LogP contribution in [0.2, 0.25) is 5.02 Å². The van der Waals surface area contributed by atoms with Crippen LogP contribution in [0.4, 0.5) is 4.39 Å². The first-order valence-corrected chi connectivity index (χ1v) is 7.32. The Hall–Kier alpha value is -1.58. The molecule has 2 aromatic rings. The highest BCUT2D eigenvalue weighted by Crippen LogP contribution is 2.32. The van der Waals surface area contributed by atoms with E-state index in [1.807, 2.05) is 13.0 Å². The number of ether oxygens (including phenoxy) is 1. The lowest BCUT2D eigenvalue weighted by Crippen LogP contribution is -2.08. The van der Waals surface area contributed by atoms with Crippen molar-refractivity contribution in [3.05, 3.63) is 57.9 Å². The van der Waals surface area contributed by atoms with Crippen molar-refractivity contribution in [1.82, 2.24) is 0 Å². The minimum Gasteiger partial charge on any atom is -0.457 e. The van der Waals surface area contributed by atoms with E-state index in [2.05, 4.69) is 0 Å². The molecule has 2 aromatic carbocycles. The fourth-order valence-electron chi connectivity index (χ4n) is 2.13. The van der Waals surface area contributed by atoms with Gasteiger partial charge in [-0.05, 0) is 61.7 Å². The molecule has 0 bridgehead atoms. The molecule has 2 nitrogen and oxygen atoms in total. The Morgan fingerprint density at radius 3 is 2.62 bits per heavy atom. The number of hydrogen-bond donors (Lipinski definition) is 1. The maximum atomic E-state index is 13.7. The number of hydrogen-bond acceptors (Lipinski definition) is 2. The van der Waals surface area contributed by atoms with E-state index in [1.165, 1.54) is 6.07 Å². The van der Waals surface area contributed by atoms with Gasteiger partial charge in [-0.3, -0.25) is 0 Å². The van der Waals surface area contributed by atoms with E-state index in [0.29, 0.717) is 27.6 Å². The third-order valence-corrected chi connectivity index (χ3v) is 3.78. The zero-order valence-corrected chi connectivity index (χ0v) is 13.2. The Labute approximate surface area is 129 Å². The van der Waals surface area contributed by atoms with Gasteiger partial charge in [0.2, 0.25) is 0 Å². The van der Waals surface area contributed by atoms with Crippen LogP contribution in [0.5, 0.6) is 11.5 Å². The van der Waals surface area contributed by atoms with E-state index in [1.54, 1.807) is 32.0 Å². The lowest BCUT2D eigenvalue weighted by atomic mass is 10.0. The van der Waals surface area contributed by atoms with Crippen molar-refractivity contribution in [1.29, 1.82) is 0 Å². The van der Waals surface area contributed by atoms with E-state index in [-0.39, 0.29) is 11.9 Å². The number of aryl methyl sites for hydroxylation is 2. The maximum Gasteiger partial charge on any atom is 0.132 e. The molecule has 21 heavy (non-hydrogen) atoms. The topological polar surface area (TPSA) is 35.2 Å². The summed E-state index contributed by atoms with van der Waals surface area (Å²) in [6.45, 7) is 5.53. The van der Waals surface area contributed by atoms with Gasteiger partial charge in [0.1, 0.15) is 17.3 Å². The molecule has 0 unspecified atom stereocenters. The lowest BCUT2D eigenvalue weighted by molar-refractivity contribution is 0.467. The van der Waals surface area contributed by atoms with Crippen LogP contribution in [-0.2, 0) is 6.42 Å². The first-order valence-electron chi connectivity index (χ1n) is 6.94. The fourth-order valence-corrected chi connectivity index (χ4v) is 2.38. The van der Waals surface area contributed by atoms with E-state index < -0.39 is 0 Å². The normalized spacial score (nSPS) is 12.3. The molecular formula is C17H19ClFNO. The Morgan fingerprint density at radius 2 is 2.00 bits per heavy atom. The predicted octanol–water partition coefficient (Wildman–Crippen LogP) is 5.16. The largest absolute Gasteiger partial charge is 0.457 e. The van der Waals surface area contributed by atoms with Crippen LogP contribution < -0.4 is 10.5 Å². The van der Waals surface area contributed by atoms with Gasteiger partial charge in [0.05, 0.1) is 0 Å². The van der Waals surface area contributed by atoms with Crippen molar-refractivity contribution in [2.45, 2.75) is 33.2 Å². The SMILES string of the molecule is CCc1cc(Oc2cc(C)c(F)cc2[C@@H](C)N)ccc1Cl. The molecule has 0 heterocycles. The summed E-state index contributed by atoms with van der Waals surface area (Å²) >= 11 is 6.10. The van der Waals surface area contributed by atoms with Crippen molar-refractivity contribution in [2.24, 2.45) is 5.73 Å². The molecular weight excluding hydrogens is 289 g/mol. The van der Waals surface area contributed by atoms with Gasteiger partial charge in [-0.2, -0.15) is 0 Å². The number of rotatable bonds is 4. The van der Waals surface area contributed by atoms with Crippen molar-refractivity contribution in [3.63, 3.8) is 0 Å². The van der Waals surface area contributed by atoms with Crippen molar-refractivity contribution < 1.29 is 9.13 Å². The summed E-state index contributed by atoms with van der Waals surface area (Å²) in [5, 5.41) is 0.715. The second-order valence-corrected chi connectivity index (χ2v) is 5.54. The van der Waals surface area contributed by atoms with E-state index in [4.69, 9.17) is 22.1 Å². The third-order valence-electron chi connectivity index (χ3n) is 3.41. The smallest absolute Gasteiger partial charge is 0.132 e. The predicted molar refractivity (Wildman–Crippen MR) is 84.6 cm³/mol. The highest BCUT2D eigenvalue weighted by molar-refractivity contribution is 6.31. The minimum absolute atomic E-state index is 0.278. The molecule has 0 aromatic heterocycles. The monoisotopic (exact) mass is 307 g/mol. The van der Waals surface area contributed by atoms with Gasteiger partial charge in [0.25, 0.3) is 0 Å². The van der Waals surface area contributed by atoms with Gasteiger partial charge in [0.15, 0.2) is 0 Å². The second-order valence-electron chi connectivity index (χ2n) is 5.14. The molecule has 112 valence electrons. The van der Waals surface area contributed by atoms with Crippen molar-refractivity contribution in [2.75, 3.05) is 0 Å². The average molecular weight is 308 g/mol. The first-order chi connectivity index (χ1) is 9.92. The van der Waals surface area contributed by atoms with Crippen LogP contribution in [0, 0.1) is 12.7 Å². The summed E-state index contributed by atoms with van der Waals surface area (Å²) in [6.07, 6.45) is 0.818. The number of halogens is 2. The van der Waals surface area contributed by atoms with Crippen LogP contribution in [-0.4, -0.2) is 0 Å². The Morgan fingerprint density at radius 1 is 1.29 bits per heavy atom. The van der Waals surface area contributed by atoms with Gasteiger partial charge >= 0.3 is 0 Å². The summed E-state index contributed by atoms with van der Waals surface area (Å²) < 4.78 is 19.6. The highest BCUT2D eigenvalue weighted by Gasteiger charge is 2.13. The molecule has 0 spiro atoms. The molecule has 0 aliphatic rings. The summed E-state index contributed by atoms with van der Waals surface area (Å²) in [5.41, 5.74) is 8.08. The van der Waals surface area contributed by atoms with Crippen LogP contribution in [0.15, 0.2) is 30.3 Å². The molecule has 2 N–H and O–H groups in total. The molecule has 2 rings (SSSR count). The minimum atomic E-state index is -0.312. The molecule has 4 heteroatoms. The van der Waals surface area contributed by atoms with Crippen LogP contribution >= 0.6 is 11.6 Å². The summed E-state index contributed by atoms with van der Waals surface area (Å²) in [7, 11) is 0. The highest BCUT2D eigenvalue weighted by atomic mass is 35.5. The maximum absolute atomic E-state index is 13.7. The summed E-state index contributed by atoms with van der Waals surface area (Å²) in [4.78, 5) is 0. The molecule has 0 amide bonds. The van der Waals surface area contributed by atoms with E-state index >= 15 is 0 Å². The molecule has 0 aliphatic carbocycles. The quantitative estimate of drug-likeness (QED) is 0.846. The van der Waals surface area contributed by atoms with Crippen molar-refractivity contribution >= 4 is 11.6 Å². The van der Waals surface area contributed by atoms with Crippen molar-refractivity contribution in [3.8, 4) is 11.5 Å². The van der Waals surface area contributed by atoms with E-state index in [9.17, 15) is 4.39 Å². The summed E-state index contributed by atoms with van der Waals surface area (Å²) in [5.74, 6) is 0.970. The number of benzene rings is 2. The molecule has 0 saturated heterocycles. The standard InChI is InChI=1S/C17H19ClFNO/c1-4-12-8-13(5-6-15(12)18)21-17-7-10(2)16(19)9-14(17)11(3)20/h5-9,11H,4,20H2,1-3H3/t11-/m1/s1. The van der Waals surface area contributed by atoms with Gasteiger partial charge < -0.3 is 10.5 Å². The van der Waals surface area contributed by atoms with E-state index in [0.717, 1.165) is 12.0 Å². The molecule has 0 saturated carbocycles. The van der Waals surface area contributed by atoms with Crippen LogP contribution in [0.1, 0.15) is 36.6 Å². The molecule has 1 atom stereocenters. The summed E-state index contributed by atoms with van der Waals surface area (Å²) in [6, 6.07) is 8.29. The van der Waals surface area contributed by atoms with Gasteiger partial charge in [-0.25, -0.2) is 4.39 Å². The first kappa shape index (κ1) is 15.8. The van der Waals surface area contributed by atoms with Crippen LogP contribution in [0.25, 0.3) is 0 Å². The van der Waals surface area contributed by atoms with Crippen LogP contribution in [0.3, 0.4) is 0 Å².